The lowest BCUT2D eigenvalue weighted by Gasteiger charge is -2.24. The minimum Gasteiger partial charge on any atom is -0.496 e. The normalized spacial score (nSPS) is 10.7. The van der Waals surface area contributed by atoms with Gasteiger partial charge >= 0.3 is 6.03 Å². The van der Waals surface area contributed by atoms with Crippen molar-refractivity contribution in [2.24, 2.45) is 0 Å². The number of pyridine rings is 1. The van der Waals surface area contributed by atoms with E-state index in [2.05, 4.69) is 10.3 Å². The van der Waals surface area contributed by atoms with Gasteiger partial charge in [-0.15, -0.1) is 0 Å². The predicted molar refractivity (Wildman–Crippen MR) is 130 cm³/mol. The van der Waals surface area contributed by atoms with Crippen LogP contribution in [0, 0.1) is 6.92 Å². The summed E-state index contributed by atoms with van der Waals surface area (Å²) in [6.45, 7) is 2.87. The molecule has 4 rings (SSSR count). The minimum absolute atomic E-state index is 0.165. The highest BCUT2D eigenvalue weighted by Gasteiger charge is 2.18. The topological polar surface area (TPSA) is 74.4 Å². The van der Waals surface area contributed by atoms with Gasteiger partial charge in [-0.3, -0.25) is 4.79 Å². The molecule has 0 radical (unpaired) electrons. The molecule has 2 N–H and O–H groups in total. The predicted octanol–water partition coefficient (Wildman–Crippen LogP) is 4.76. The maximum Gasteiger partial charge on any atom is 0.318 e. The van der Waals surface area contributed by atoms with E-state index in [0.717, 1.165) is 27.6 Å². The number of H-pyrrole nitrogens is 1. The third-order valence-electron chi connectivity index (χ3n) is 5.57. The fraction of sp³-hybridized carbons (Fsp3) is 0.185. The van der Waals surface area contributed by atoms with Crippen molar-refractivity contribution in [3.63, 3.8) is 0 Å². The van der Waals surface area contributed by atoms with Crippen molar-refractivity contribution in [2.75, 3.05) is 7.11 Å². The smallest absolute Gasteiger partial charge is 0.318 e. The number of carbonyl (C=O) groups is 1. The number of fused-ring (bicyclic) bond motifs is 1. The molecule has 33 heavy (non-hydrogen) atoms. The lowest BCUT2D eigenvalue weighted by molar-refractivity contribution is 0.191. The molecular formula is C27H27N3O3. The first-order chi connectivity index (χ1) is 16.0. The summed E-state index contributed by atoms with van der Waals surface area (Å²) in [7, 11) is 1.61. The van der Waals surface area contributed by atoms with Gasteiger partial charge in [0.25, 0.3) is 5.56 Å². The number of hydrogen-bond acceptors (Lipinski definition) is 3. The second-order valence-electron chi connectivity index (χ2n) is 8.03. The van der Waals surface area contributed by atoms with E-state index in [1.807, 2.05) is 85.8 Å². The monoisotopic (exact) mass is 441 g/mol. The third kappa shape index (κ3) is 5.41. The van der Waals surface area contributed by atoms with Gasteiger partial charge in [0.1, 0.15) is 5.75 Å². The Labute approximate surface area is 192 Å². The fourth-order valence-electron chi connectivity index (χ4n) is 3.82. The first-order valence-electron chi connectivity index (χ1n) is 10.8. The van der Waals surface area contributed by atoms with Crippen molar-refractivity contribution in [1.29, 1.82) is 0 Å². The molecule has 1 aromatic heterocycles. The molecule has 6 heteroatoms. The van der Waals surface area contributed by atoms with Gasteiger partial charge < -0.3 is 19.9 Å². The second kappa shape index (κ2) is 10.0. The Balaban J connectivity index is 1.63. The number of aromatic nitrogens is 1. The maximum absolute atomic E-state index is 13.2. The largest absolute Gasteiger partial charge is 0.496 e. The van der Waals surface area contributed by atoms with Gasteiger partial charge in [-0.1, -0.05) is 60.2 Å². The zero-order valence-corrected chi connectivity index (χ0v) is 18.8. The van der Waals surface area contributed by atoms with Crippen LogP contribution in [0.15, 0.2) is 83.7 Å². The van der Waals surface area contributed by atoms with Crippen molar-refractivity contribution >= 4 is 16.9 Å². The van der Waals surface area contributed by atoms with Crippen molar-refractivity contribution < 1.29 is 9.53 Å². The number of urea groups is 1. The van der Waals surface area contributed by atoms with E-state index in [0.29, 0.717) is 24.4 Å². The average molecular weight is 442 g/mol. The van der Waals surface area contributed by atoms with Crippen molar-refractivity contribution in [3.05, 3.63) is 111 Å². The molecule has 0 fully saturated rings. The van der Waals surface area contributed by atoms with Crippen molar-refractivity contribution in [1.82, 2.24) is 15.2 Å². The molecule has 0 bridgehead atoms. The van der Waals surface area contributed by atoms with Crippen LogP contribution in [0.1, 0.15) is 22.3 Å². The number of rotatable bonds is 7. The van der Waals surface area contributed by atoms with E-state index in [1.54, 1.807) is 12.0 Å². The standard InChI is InChI=1S/C27H27N3O3/c1-19-12-13-24-22(14-19)15-23(26(31)29-24)18-30(17-21-10-6-7-11-25(21)33-2)27(32)28-16-20-8-4-3-5-9-20/h3-15H,16-18H2,1-2H3,(H,28,32)(H,29,31). The summed E-state index contributed by atoms with van der Waals surface area (Å²) in [5.74, 6) is 0.696. The van der Waals surface area contributed by atoms with E-state index < -0.39 is 0 Å². The van der Waals surface area contributed by atoms with Gasteiger partial charge in [0.15, 0.2) is 0 Å². The van der Waals surface area contributed by atoms with E-state index in [9.17, 15) is 9.59 Å². The molecule has 0 atom stereocenters. The second-order valence-corrected chi connectivity index (χ2v) is 8.03. The van der Waals surface area contributed by atoms with Crippen LogP contribution in [0.3, 0.4) is 0 Å². The third-order valence-corrected chi connectivity index (χ3v) is 5.57. The van der Waals surface area contributed by atoms with E-state index in [4.69, 9.17) is 4.74 Å². The molecule has 0 aliphatic heterocycles. The fourth-order valence-corrected chi connectivity index (χ4v) is 3.82. The van der Waals surface area contributed by atoms with E-state index in [1.165, 1.54) is 0 Å². The highest BCUT2D eigenvalue weighted by atomic mass is 16.5. The molecule has 0 saturated carbocycles. The molecule has 0 saturated heterocycles. The molecule has 0 aliphatic carbocycles. The number of hydrogen-bond donors (Lipinski definition) is 2. The van der Waals surface area contributed by atoms with Crippen LogP contribution in [-0.4, -0.2) is 23.0 Å². The summed E-state index contributed by atoms with van der Waals surface area (Å²) in [6.07, 6.45) is 0. The number of aryl methyl sites for hydroxylation is 1. The van der Waals surface area contributed by atoms with Crippen LogP contribution < -0.4 is 15.6 Å². The maximum atomic E-state index is 13.2. The highest BCUT2D eigenvalue weighted by Crippen LogP contribution is 2.21. The van der Waals surface area contributed by atoms with Gasteiger partial charge in [-0.25, -0.2) is 4.79 Å². The Bertz CT molecular complexity index is 1320. The zero-order chi connectivity index (χ0) is 23.2. The van der Waals surface area contributed by atoms with Crippen molar-refractivity contribution in [3.8, 4) is 5.75 Å². The summed E-state index contributed by atoms with van der Waals surface area (Å²) < 4.78 is 5.47. The first kappa shape index (κ1) is 22.1. The Morgan fingerprint density at radius 1 is 0.939 bits per heavy atom. The lowest BCUT2D eigenvalue weighted by Crippen LogP contribution is -2.40. The summed E-state index contributed by atoms with van der Waals surface area (Å²) in [4.78, 5) is 30.6. The summed E-state index contributed by atoms with van der Waals surface area (Å²) >= 11 is 0. The van der Waals surface area contributed by atoms with Gasteiger partial charge in [0.05, 0.1) is 20.2 Å². The van der Waals surface area contributed by atoms with Crippen LogP contribution in [-0.2, 0) is 19.6 Å². The molecule has 0 unspecified atom stereocenters. The number of para-hydroxylation sites is 1. The van der Waals surface area contributed by atoms with Crippen LogP contribution in [0.5, 0.6) is 5.75 Å². The number of methoxy groups -OCH3 is 1. The zero-order valence-electron chi connectivity index (χ0n) is 18.8. The number of amides is 2. The summed E-state index contributed by atoms with van der Waals surface area (Å²) in [5.41, 5.74) is 4.07. The van der Waals surface area contributed by atoms with Crippen LogP contribution >= 0.6 is 0 Å². The van der Waals surface area contributed by atoms with Gasteiger partial charge in [0, 0.05) is 23.2 Å². The van der Waals surface area contributed by atoms with Gasteiger partial charge in [-0.2, -0.15) is 0 Å². The number of carbonyl (C=O) groups excluding carboxylic acids is 1. The number of nitrogens with zero attached hydrogens (tertiary/aromatic N) is 1. The van der Waals surface area contributed by atoms with Crippen molar-refractivity contribution in [2.45, 2.75) is 26.6 Å². The molecule has 4 aromatic rings. The first-order valence-corrected chi connectivity index (χ1v) is 10.8. The highest BCUT2D eigenvalue weighted by molar-refractivity contribution is 5.80. The Hall–Kier alpha value is -4.06. The van der Waals surface area contributed by atoms with E-state index >= 15 is 0 Å². The van der Waals surface area contributed by atoms with Crippen LogP contribution in [0.25, 0.3) is 10.9 Å². The lowest BCUT2D eigenvalue weighted by atomic mass is 10.1. The molecule has 1 heterocycles. The molecule has 3 aromatic carbocycles. The molecule has 0 spiro atoms. The number of nitrogens with one attached hydrogen (secondary N) is 2. The van der Waals surface area contributed by atoms with Gasteiger partial charge in [0.2, 0.25) is 0 Å². The quantitative estimate of drug-likeness (QED) is 0.434. The minimum atomic E-state index is -0.256. The summed E-state index contributed by atoms with van der Waals surface area (Å²) in [5, 5.41) is 3.91. The summed E-state index contributed by atoms with van der Waals surface area (Å²) in [6, 6.07) is 24.8. The van der Waals surface area contributed by atoms with Crippen LogP contribution in [0.2, 0.25) is 0 Å². The Morgan fingerprint density at radius 3 is 2.45 bits per heavy atom. The van der Waals surface area contributed by atoms with E-state index in [-0.39, 0.29) is 18.1 Å². The molecule has 0 aliphatic rings. The average Bonchev–Trinajstić information content (AvgIpc) is 2.83. The van der Waals surface area contributed by atoms with Gasteiger partial charge in [-0.05, 0) is 42.1 Å². The number of aromatic amines is 1. The molecule has 2 amide bonds. The Morgan fingerprint density at radius 2 is 1.67 bits per heavy atom. The molecular weight excluding hydrogens is 414 g/mol. The van der Waals surface area contributed by atoms with Crippen LogP contribution in [0.4, 0.5) is 4.79 Å². The Kier molecular flexibility index (Phi) is 6.74. The molecule has 6 nitrogen and oxygen atoms in total. The number of benzene rings is 3. The SMILES string of the molecule is COc1ccccc1CN(Cc1cc2cc(C)ccc2[nH]c1=O)C(=O)NCc1ccccc1. The number of ether oxygens (including phenoxy) is 1. The molecule has 168 valence electrons.